The molecule has 5 heteroatoms. The fourth-order valence-corrected chi connectivity index (χ4v) is 3.09. The molecule has 0 saturated carbocycles. The fourth-order valence-electron chi connectivity index (χ4n) is 2.69. The number of carbonyl (C=O) groups excluding carboxylic acids is 1. The molecule has 0 unspecified atom stereocenters. The number of anilines is 2. The van der Waals surface area contributed by atoms with Gasteiger partial charge in [-0.1, -0.05) is 39.7 Å². The second-order valence-electron chi connectivity index (χ2n) is 5.75. The summed E-state index contributed by atoms with van der Waals surface area (Å²) < 4.78 is 0.958. The molecule has 0 aromatic heterocycles. The molecule has 1 N–H and O–H groups in total. The normalized spacial score (nSPS) is 14.7. The Kier molecular flexibility index (Phi) is 4.86. The molecule has 23 heavy (non-hydrogen) atoms. The molecule has 1 heterocycles. The SMILES string of the molecule is Cc1ccc(N2CCN(C(=O)Nc3cccc(Br)c3)CC2)cc1. The summed E-state index contributed by atoms with van der Waals surface area (Å²) in [5, 5.41) is 2.95. The van der Waals surface area contributed by atoms with E-state index in [1.54, 1.807) is 0 Å². The van der Waals surface area contributed by atoms with E-state index in [1.165, 1.54) is 11.3 Å². The van der Waals surface area contributed by atoms with Crippen LogP contribution in [0.2, 0.25) is 0 Å². The van der Waals surface area contributed by atoms with Gasteiger partial charge in [0.05, 0.1) is 0 Å². The fraction of sp³-hybridized carbons (Fsp3) is 0.278. The van der Waals surface area contributed by atoms with Crippen LogP contribution in [0.3, 0.4) is 0 Å². The molecule has 1 aliphatic heterocycles. The van der Waals surface area contributed by atoms with Gasteiger partial charge in [-0.3, -0.25) is 0 Å². The Morgan fingerprint density at radius 3 is 2.39 bits per heavy atom. The molecular formula is C18H20BrN3O. The lowest BCUT2D eigenvalue weighted by molar-refractivity contribution is 0.208. The Morgan fingerprint density at radius 2 is 1.74 bits per heavy atom. The zero-order chi connectivity index (χ0) is 16.2. The van der Waals surface area contributed by atoms with Gasteiger partial charge in [0.2, 0.25) is 0 Å². The molecule has 0 aliphatic carbocycles. The largest absolute Gasteiger partial charge is 0.368 e. The summed E-state index contributed by atoms with van der Waals surface area (Å²) in [7, 11) is 0. The van der Waals surface area contributed by atoms with Crippen LogP contribution >= 0.6 is 15.9 Å². The summed E-state index contributed by atoms with van der Waals surface area (Å²) >= 11 is 3.42. The Morgan fingerprint density at radius 1 is 1.04 bits per heavy atom. The van der Waals surface area contributed by atoms with Crippen LogP contribution in [-0.2, 0) is 0 Å². The minimum absolute atomic E-state index is 0.0355. The molecule has 2 aromatic rings. The van der Waals surface area contributed by atoms with E-state index in [9.17, 15) is 4.79 Å². The maximum absolute atomic E-state index is 12.3. The summed E-state index contributed by atoms with van der Waals surface area (Å²) in [4.78, 5) is 16.5. The van der Waals surface area contributed by atoms with Crippen molar-refractivity contribution in [3.63, 3.8) is 0 Å². The zero-order valence-corrected chi connectivity index (χ0v) is 14.7. The minimum atomic E-state index is -0.0355. The first-order valence-electron chi connectivity index (χ1n) is 7.75. The van der Waals surface area contributed by atoms with Gasteiger partial charge in [0.1, 0.15) is 0 Å². The van der Waals surface area contributed by atoms with Crippen LogP contribution in [0.1, 0.15) is 5.56 Å². The Bertz CT molecular complexity index is 679. The monoisotopic (exact) mass is 373 g/mol. The van der Waals surface area contributed by atoms with Gasteiger partial charge in [-0.25, -0.2) is 4.79 Å². The van der Waals surface area contributed by atoms with Gasteiger partial charge in [-0.05, 0) is 37.3 Å². The van der Waals surface area contributed by atoms with Crippen molar-refractivity contribution in [3.8, 4) is 0 Å². The lowest BCUT2D eigenvalue weighted by atomic mass is 10.2. The third kappa shape index (κ3) is 4.05. The molecule has 3 rings (SSSR count). The predicted octanol–water partition coefficient (Wildman–Crippen LogP) is 4.11. The highest BCUT2D eigenvalue weighted by atomic mass is 79.9. The highest BCUT2D eigenvalue weighted by Crippen LogP contribution is 2.19. The average Bonchev–Trinajstić information content (AvgIpc) is 2.56. The Balaban J connectivity index is 1.56. The number of nitrogens with zero attached hydrogens (tertiary/aromatic N) is 2. The standard InChI is InChI=1S/C18H20BrN3O/c1-14-5-7-17(8-6-14)21-9-11-22(12-10-21)18(23)20-16-4-2-3-15(19)13-16/h2-8,13H,9-12H2,1H3,(H,20,23). The van der Waals surface area contributed by atoms with Gasteiger partial charge in [-0.15, -0.1) is 0 Å². The number of hydrogen-bond donors (Lipinski definition) is 1. The number of piperazine rings is 1. The van der Waals surface area contributed by atoms with Crippen LogP contribution in [0, 0.1) is 6.92 Å². The molecule has 0 radical (unpaired) electrons. The van der Waals surface area contributed by atoms with Crippen molar-refractivity contribution in [1.82, 2.24) is 4.90 Å². The quantitative estimate of drug-likeness (QED) is 0.859. The summed E-state index contributed by atoms with van der Waals surface area (Å²) in [5.74, 6) is 0. The van der Waals surface area contributed by atoms with Crippen molar-refractivity contribution < 1.29 is 4.79 Å². The number of urea groups is 1. The smallest absolute Gasteiger partial charge is 0.321 e. The van der Waals surface area contributed by atoms with E-state index in [0.29, 0.717) is 0 Å². The minimum Gasteiger partial charge on any atom is -0.368 e. The van der Waals surface area contributed by atoms with Gasteiger partial charge >= 0.3 is 6.03 Å². The molecule has 4 nitrogen and oxygen atoms in total. The highest BCUT2D eigenvalue weighted by Gasteiger charge is 2.21. The van der Waals surface area contributed by atoms with Gasteiger partial charge in [0, 0.05) is 42.0 Å². The lowest BCUT2D eigenvalue weighted by Gasteiger charge is -2.36. The topological polar surface area (TPSA) is 35.6 Å². The summed E-state index contributed by atoms with van der Waals surface area (Å²) in [6.07, 6.45) is 0. The number of halogens is 1. The molecule has 0 atom stereocenters. The number of rotatable bonds is 2. The number of benzene rings is 2. The van der Waals surface area contributed by atoms with Crippen molar-refractivity contribution in [1.29, 1.82) is 0 Å². The third-order valence-electron chi connectivity index (χ3n) is 4.04. The van der Waals surface area contributed by atoms with E-state index in [0.717, 1.165) is 36.3 Å². The van der Waals surface area contributed by atoms with E-state index < -0.39 is 0 Å². The Labute approximate surface area is 145 Å². The number of aryl methyl sites for hydroxylation is 1. The van der Waals surface area contributed by atoms with Crippen LogP contribution in [0.15, 0.2) is 53.0 Å². The van der Waals surface area contributed by atoms with Crippen molar-refractivity contribution in [2.45, 2.75) is 6.92 Å². The molecule has 1 aliphatic rings. The van der Waals surface area contributed by atoms with Gasteiger partial charge in [-0.2, -0.15) is 0 Å². The predicted molar refractivity (Wildman–Crippen MR) is 98.1 cm³/mol. The number of nitrogens with one attached hydrogen (secondary N) is 1. The molecule has 1 saturated heterocycles. The van der Waals surface area contributed by atoms with Crippen molar-refractivity contribution in [2.75, 3.05) is 36.4 Å². The first-order chi connectivity index (χ1) is 11.1. The number of amides is 2. The molecule has 2 amide bonds. The highest BCUT2D eigenvalue weighted by molar-refractivity contribution is 9.10. The summed E-state index contributed by atoms with van der Waals surface area (Å²) in [5.41, 5.74) is 3.30. The van der Waals surface area contributed by atoms with Crippen LogP contribution in [0.5, 0.6) is 0 Å². The molecule has 1 fully saturated rings. The molecule has 120 valence electrons. The summed E-state index contributed by atoms with van der Waals surface area (Å²) in [6, 6.07) is 16.2. The first kappa shape index (κ1) is 15.9. The van der Waals surface area contributed by atoms with Crippen LogP contribution in [0.25, 0.3) is 0 Å². The molecule has 0 bridgehead atoms. The van der Waals surface area contributed by atoms with Gasteiger partial charge in [0.15, 0.2) is 0 Å². The van der Waals surface area contributed by atoms with Crippen molar-refractivity contribution in [3.05, 3.63) is 58.6 Å². The van der Waals surface area contributed by atoms with E-state index in [4.69, 9.17) is 0 Å². The van der Waals surface area contributed by atoms with Crippen molar-refractivity contribution in [2.24, 2.45) is 0 Å². The van der Waals surface area contributed by atoms with E-state index in [1.807, 2.05) is 29.2 Å². The zero-order valence-electron chi connectivity index (χ0n) is 13.1. The van der Waals surface area contributed by atoms with Crippen LogP contribution in [0.4, 0.5) is 16.2 Å². The first-order valence-corrected chi connectivity index (χ1v) is 8.54. The van der Waals surface area contributed by atoms with Crippen molar-refractivity contribution >= 4 is 33.3 Å². The lowest BCUT2D eigenvalue weighted by Crippen LogP contribution is -2.50. The van der Waals surface area contributed by atoms with Gasteiger partial charge in [0.25, 0.3) is 0 Å². The van der Waals surface area contributed by atoms with Gasteiger partial charge < -0.3 is 15.1 Å². The summed E-state index contributed by atoms with van der Waals surface area (Å²) in [6.45, 7) is 5.26. The maximum atomic E-state index is 12.3. The third-order valence-corrected chi connectivity index (χ3v) is 4.54. The second kappa shape index (κ2) is 7.04. The average molecular weight is 374 g/mol. The van der Waals surface area contributed by atoms with E-state index in [-0.39, 0.29) is 6.03 Å². The second-order valence-corrected chi connectivity index (χ2v) is 6.67. The molecule has 2 aromatic carbocycles. The maximum Gasteiger partial charge on any atom is 0.321 e. The molecule has 0 spiro atoms. The number of hydrogen-bond acceptors (Lipinski definition) is 2. The Hall–Kier alpha value is -2.01. The van der Waals surface area contributed by atoms with Crippen LogP contribution < -0.4 is 10.2 Å². The number of carbonyl (C=O) groups is 1. The molecular weight excluding hydrogens is 354 g/mol. The van der Waals surface area contributed by atoms with E-state index in [2.05, 4.69) is 57.3 Å². The van der Waals surface area contributed by atoms with E-state index >= 15 is 0 Å². The van der Waals surface area contributed by atoms with Crippen LogP contribution in [-0.4, -0.2) is 37.1 Å².